The Morgan fingerprint density at radius 1 is 1.29 bits per heavy atom. The van der Waals surface area contributed by atoms with E-state index in [-0.39, 0.29) is 11.4 Å². The number of thioether (sulfide) groups is 1. The van der Waals surface area contributed by atoms with Gasteiger partial charge in [-0.05, 0) is 61.0 Å². The van der Waals surface area contributed by atoms with Gasteiger partial charge in [-0.25, -0.2) is 0 Å². The van der Waals surface area contributed by atoms with Crippen molar-refractivity contribution in [2.24, 2.45) is 10.1 Å². The molecule has 2 aromatic rings. The zero-order chi connectivity index (χ0) is 19.7. The van der Waals surface area contributed by atoms with Crippen LogP contribution in [0, 0.1) is 5.41 Å². The van der Waals surface area contributed by atoms with E-state index in [4.69, 9.17) is 17.0 Å². The summed E-state index contributed by atoms with van der Waals surface area (Å²) in [7, 11) is 0. The lowest BCUT2D eigenvalue weighted by atomic mass is 10.1. The van der Waals surface area contributed by atoms with E-state index in [0.717, 1.165) is 35.7 Å². The first-order chi connectivity index (χ1) is 13.6. The van der Waals surface area contributed by atoms with Gasteiger partial charge in [0.15, 0.2) is 5.84 Å². The van der Waals surface area contributed by atoms with Crippen LogP contribution < -0.4 is 0 Å². The Labute approximate surface area is 172 Å². The van der Waals surface area contributed by atoms with Crippen molar-refractivity contribution in [2.45, 2.75) is 26.2 Å². The number of hydrazone groups is 1. The zero-order valence-corrected chi connectivity index (χ0v) is 16.8. The molecule has 0 fully saturated rings. The number of unbranched alkanes of at least 4 members (excludes halogenated alkanes) is 1. The van der Waals surface area contributed by atoms with Gasteiger partial charge in [0.2, 0.25) is 5.17 Å². The van der Waals surface area contributed by atoms with Crippen molar-refractivity contribution < 1.29 is 4.79 Å². The van der Waals surface area contributed by atoms with Crippen molar-refractivity contribution in [1.82, 2.24) is 9.58 Å². The van der Waals surface area contributed by atoms with Crippen LogP contribution in [0.15, 0.2) is 58.3 Å². The fourth-order valence-electron chi connectivity index (χ4n) is 2.98. The number of fused-ring (bicyclic) bond motifs is 1. The summed E-state index contributed by atoms with van der Waals surface area (Å²) in [6.07, 6.45) is 6.47. The molecule has 1 aromatic carbocycles. The molecule has 6 nitrogen and oxygen atoms in total. The fourth-order valence-corrected chi connectivity index (χ4v) is 4.09. The molecule has 0 saturated heterocycles. The summed E-state index contributed by atoms with van der Waals surface area (Å²) in [6, 6.07) is 11.2. The Morgan fingerprint density at radius 3 is 2.93 bits per heavy atom. The Balaban J connectivity index is 1.67. The van der Waals surface area contributed by atoms with E-state index >= 15 is 0 Å². The molecule has 0 saturated carbocycles. The van der Waals surface area contributed by atoms with Gasteiger partial charge in [0.1, 0.15) is 5.04 Å². The maximum absolute atomic E-state index is 12.6. The number of hydrogen-bond acceptors (Lipinski definition) is 4. The summed E-state index contributed by atoms with van der Waals surface area (Å²) >= 11 is 7.48. The van der Waals surface area contributed by atoms with Gasteiger partial charge in [-0.15, -0.1) is 0 Å². The quantitative estimate of drug-likeness (QED) is 0.708. The van der Waals surface area contributed by atoms with Crippen LogP contribution in [0.1, 0.15) is 31.9 Å². The number of carbonyl (C=O) groups is 1. The molecule has 3 heterocycles. The molecule has 0 bridgehead atoms. The van der Waals surface area contributed by atoms with Crippen LogP contribution in [0.4, 0.5) is 0 Å². The average molecular weight is 412 g/mol. The molecule has 2 aliphatic heterocycles. The number of amidine groups is 2. The van der Waals surface area contributed by atoms with Crippen molar-refractivity contribution in [3.8, 4) is 5.69 Å². The van der Waals surface area contributed by atoms with Gasteiger partial charge < -0.3 is 4.57 Å². The second kappa shape index (κ2) is 7.77. The van der Waals surface area contributed by atoms with Crippen LogP contribution in [0.25, 0.3) is 11.8 Å². The normalized spacial score (nSPS) is 17.8. The van der Waals surface area contributed by atoms with Gasteiger partial charge >= 0.3 is 0 Å². The number of benzene rings is 1. The molecule has 0 atom stereocenters. The minimum absolute atomic E-state index is 0.0489. The van der Waals surface area contributed by atoms with E-state index < -0.39 is 5.91 Å². The van der Waals surface area contributed by atoms with E-state index in [0.29, 0.717) is 10.2 Å². The van der Waals surface area contributed by atoms with Crippen LogP contribution >= 0.6 is 23.4 Å². The molecule has 142 valence electrons. The Bertz CT molecular complexity index is 1050. The topological polar surface area (TPSA) is 73.8 Å². The number of rotatable bonds is 5. The molecule has 1 amide bonds. The summed E-state index contributed by atoms with van der Waals surface area (Å²) in [4.78, 5) is 16.7. The SMILES string of the molecule is CCCCC1=NN2C(=N)/C(=C\c3cccn3-c3cccc(Cl)c3)C(=O)N=C2S1. The number of nitrogens with one attached hydrogen (secondary N) is 1. The number of nitrogens with zero attached hydrogens (tertiary/aromatic N) is 4. The second-order valence-corrected chi connectivity index (χ2v) is 7.88. The van der Waals surface area contributed by atoms with E-state index in [1.54, 1.807) is 6.08 Å². The largest absolute Gasteiger partial charge is 0.317 e. The van der Waals surface area contributed by atoms with Gasteiger partial charge in [0.05, 0.1) is 5.57 Å². The van der Waals surface area contributed by atoms with Crippen molar-refractivity contribution in [2.75, 3.05) is 0 Å². The fraction of sp³-hybridized carbons (Fsp3) is 0.200. The highest BCUT2D eigenvalue weighted by Gasteiger charge is 2.35. The first-order valence-electron chi connectivity index (χ1n) is 8.99. The van der Waals surface area contributed by atoms with Crippen LogP contribution in [0.3, 0.4) is 0 Å². The highest BCUT2D eigenvalue weighted by atomic mass is 35.5. The third-order valence-corrected chi connectivity index (χ3v) is 5.60. The number of aromatic nitrogens is 1. The third kappa shape index (κ3) is 3.55. The van der Waals surface area contributed by atoms with Crippen molar-refractivity contribution in [1.29, 1.82) is 5.41 Å². The molecule has 4 rings (SSSR count). The number of amides is 1. The van der Waals surface area contributed by atoms with Gasteiger partial charge in [-0.3, -0.25) is 10.2 Å². The third-order valence-electron chi connectivity index (χ3n) is 4.40. The molecule has 0 spiro atoms. The molecular formula is C20H18ClN5OS. The molecule has 28 heavy (non-hydrogen) atoms. The predicted octanol–water partition coefficient (Wildman–Crippen LogP) is 4.94. The summed E-state index contributed by atoms with van der Waals surface area (Å²) in [5, 5.41) is 16.4. The van der Waals surface area contributed by atoms with Gasteiger partial charge in [0.25, 0.3) is 5.91 Å². The molecule has 0 unspecified atom stereocenters. The highest BCUT2D eigenvalue weighted by Crippen LogP contribution is 2.30. The molecular weight excluding hydrogens is 394 g/mol. The summed E-state index contributed by atoms with van der Waals surface area (Å²) in [6.45, 7) is 2.12. The maximum Gasteiger partial charge on any atom is 0.283 e. The molecule has 0 aliphatic carbocycles. The summed E-state index contributed by atoms with van der Waals surface area (Å²) in [5.41, 5.74) is 1.85. The lowest BCUT2D eigenvalue weighted by Crippen LogP contribution is -2.35. The second-order valence-electron chi connectivity index (χ2n) is 6.40. The van der Waals surface area contributed by atoms with E-state index in [2.05, 4.69) is 17.0 Å². The number of hydrogen-bond donors (Lipinski definition) is 1. The minimum atomic E-state index is -0.422. The van der Waals surface area contributed by atoms with Crippen LogP contribution in [0.2, 0.25) is 5.02 Å². The van der Waals surface area contributed by atoms with Gasteiger partial charge in [-0.2, -0.15) is 15.1 Å². The van der Waals surface area contributed by atoms with E-state index in [9.17, 15) is 4.79 Å². The number of carbonyl (C=O) groups excluding carboxylic acids is 1. The lowest BCUT2D eigenvalue weighted by molar-refractivity contribution is -0.114. The van der Waals surface area contributed by atoms with Crippen molar-refractivity contribution in [3.05, 3.63) is 58.9 Å². The van der Waals surface area contributed by atoms with E-state index in [1.165, 1.54) is 16.8 Å². The summed E-state index contributed by atoms with van der Waals surface area (Å²) < 4.78 is 1.91. The van der Waals surface area contributed by atoms with Gasteiger partial charge in [0, 0.05) is 22.6 Å². The van der Waals surface area contributed by atoms with Crippen LogP contribution in [-0.2, 0) is 4.79 Å². The number of aliphatic imine (C=N–C) groups is 1. The monoisotopic (exact) mass is 411 g/mol. The van der Waals surface area contributed by atoms with E-state index in [1.807, 2.05) is 47.2 Å². The first kappa shape index (κ1) is 18.7. The highest BCUT2D eigenvalue weighted by molar-refractivity contribution is 8.26. The molecule has 8 heteroatoms. The smallest absolute Gasteiger partial charge is 0.283 e. The van der Waals surface area contributed by atoms with Crippen LogP contribution in [-0.4, -0.2) is 31.5 Å². The lowest BCUT2D eigenvalue weighted by Gasteiger charge is -2.20. The van der Waals surface area contributed by atoms with Crippen molar-refractivity contribution in [3.63, 3.8) is 0 Å². The molecule has 1 aromatic heterocycles. The standard InChI is InChI=1S/C20H18ClN5OS/c1-2-3-9-17-24-26-18(22)16(19(27)23-20(26)28-17)12-15-8-5-10-25(15)14-7-4-6-13(21)11-14/h4-8,10-12,22H,2-3,9H2,1H3/b16-12+,22-18?. The van der Waals surface area contributed by atoms with Gasteiger partial charge in [-0.1, -0.05) is 31.0 Å². The van der Waals surface area contributed by atoms with Crippen molar-refractivity contribution >= 4 is 51.4 Å². The first-order valence-corrected chi connectivity index (χ1v) is 10.2. The predicted molar refractivity (Wildman–Crippen MR) is 115 cm³/mol. The maximum atomic E-state index is 12.6. The molecule has 1 N–H and O–H groups in total. The average Bonchev–Trinajstić information content (AvgIpc) is 3.30. The van der Waals surface area contributed by atoms with Crippen LogP contribution in [0.5, 0.6) is 0 Å². The molecule has 0 radical (unpaired) electrons. The number of halogens is 1. The minimum Gasteiger partial charge on any atom is -0.317 e. The Morgan fingerprint density at radius 2 is 2.14 bits per heavy atom. The Kier molecular flexibility index (Phi) is 5.19. The molecule has 2 aliphatic rings. The summed E-state index contributed by atoms with van der Waals surface area (Å²) in [5.74, 6) is -0.373. The zero-order valence-electron chi connectivity index (χ0n) is 15.2. The Hall–Kier alpha value is -2.64.